The second kappa shape index (κ2) is 3.99. The van der Waals surface area contributed by atoms with E-state index in [0.717, 1.165) is 0 Å². The van der Waals surface area contributed by atoms with Crippen molar-refractivity contribution >= 4 is 17.7 Å². The van der Waals surface area contributed by atoms with Gasteiger partial charge in [0.1, 0.15) is 0 Å². The summed E-state index contributed by atoms with van der Waals surface area (Å²) in [5, 5.41) is 16.9. The van der Waals surface area contributed by atoms with Crippen LogP contribution < -0.4 is 5.73 Å². The first-order chi connectivity index (χ1) is 5.83. The number of carbonyl (C=O) groups is 3. The van der Waals surface area contributed by atoms with Gasteiger partial charge < -0.3 is 15.9 Å². The van der Waals surface area contributed by atoms with Crippen molar-refractivity contribution in [3.05, 3.63) is 0 Å². The summed E-state index contributed by atoms with van der Waals surface area (Å²) in [6.07, 6.45) is -0.589. The Bertz CT molecular complexity index is 249. The topological polar surface area (TPSA) is 118 Å². The number of hydrogen-bond donors (Lipinski definition) is 3. The van der Waals surface area contributed by atoms with E-state index >= 15 is 0 Å². The van der Waals surface area contributed by atoms with Gasteiger partial charge in [-0.05, 0) is 6.92 Å². The van der Waals surface area contributed by atoms with Crippen LogP contribution in [-0.2, 0) is 14.4 Å². The van der Waals surface area contributed by atoms with Crippen molar-refractivity contribution in [2.75, 3.05) is 6.54 Å². The predicted octanol–water partition coefficient (Wildman–Crippen LogP) is -0.920. The third-order valence-electron chi connectivity index (χ3n) is 1.76. The lowest BCUT2D eigenvalue weighted by molar-refractivity contribution is -0.154. The van der Waals surface area contributed by atoms with E-state index in [0.29, 0.717) is 0 Å². The third kappa shape index (κ3) is 2.83. The average molecular weight is 189 g/mol. The molecule has 0 radical (unpaired) electrons. The Morgan fingerprint density at radius 2 is 1.77 bits per heavy atom. The molecule has 0 amide bonds. The van der Waals surface area contributed by atoms with Gasteiger partial charge in [-0.25, -0.2) is 4.79 Å². The molecule has 13 heavy (non-hydrogen) atoms. The molecule has 0 heterocycles. The van der Waals surface area contributed by atoms with Gasteiger partial charge >= 0.3 is 11.9 Å². The quantitative estimate of drug-likeness (QED) is 0.481. The first-order valence-corrected chi connectivity index (χ1v) is 3.53. The van der Waals surface area contributed by atoms with E-state index in [1.54, 1.807) is 0 Å². The fourth-order valence-corrected chi connectivity index (χ4v) is 0.665. The lowest BCUT2D eigenvalue weighted by Crippen LogP contribution is -2.39. The van der Waals surface area contributed by atoms with Crippen molar-refractivity contribution in [2.45, 2.75) is 13.3 Å². The molecule has 6 heteroatoms. The molecular weight excluding hydrogens is 178 g/mol. The Hall–Kier alpha value is -1.43. The van der Waals surface area contributed by atoms with Crippen LogP contribution in [0.4, 0.5) is 0 Å². The van der Waals surface area contributed by atoms with Crippen molar-refractivity contribution in [2.24, 2.45) is 11.1 Å². The minimum absolute atomic E-state index is 0.276. The predicted molar refractivity (Wildman–Crippen MR) is 42.1 cm³/mol. The highest BCUT2D eigenvalue weighted by molar-refractivity contribution is 6.33. The van der Waals surface area contributed by atoms with Gasteiger partial charge in [-0.2, -0.15) is 0 Å². The van der Waals surface area contributed by atoms with Gasteiger partial charge in [0, 0.05) is 13.0 Å². The molecule has 0 spiro atoms. The number of aliphatic carboxylic acids is 2. The average Bonchev–Trinajstić information content (AvgIpc) is 2.03. The molecule has 0 aliphatic carbocycles. The van der Waals surface area contributed by atoms with Crippen LogP contribution in [0.15, 0.2) is 0 Å². The highest BCUT2D eigenvalue weighted by atomic mass is 16.4. The number of ketones is 1. The van der Waals surface area contributed by atoms with Crippen LogP contribution in [-0.4, -0.2) is 34.5 Å². The molecule has 1 atom stereocenters. The molecule has 0 aromatic rings. The lowest BCUT2D eigenvalue weighted by Gasteiger charge is -2.20. The van der Waals surface area contributed by atoms with E-state index in [-0.39, 0.29) is 6.54 Å². The molecule has 0 saturated heterocycles. The molecule has 0 fully saturated rings. The van der Waals surface area contributed by atoms with Gasteiger partial charge in [-0.1, -0.05) is 0 Å². The summed E-state index contributed by atoms with van der Waals surface area (Å²) >= 11 is 0. The molecule has 6 nitrogen and oxygen atoms in total. The number of carboxylic acid groups (broad SMARTS) is 2. The summed E-state index contributed by atoms with van der Waals surface area (Å²) in [5.74, 6) is -4.05. The zero-order valence-corrected chi connectivity index (χ0v) is 7.11. The van der Waals surface area contributed by atoms with Crippen LogP contribution in [0.1, 0.15) is 13.3 Å². The first-order valence-electron chi connectivity index (χ1n) is 3.53. The maximum Gasteiger partial charge on any atom is 0.372 e. The number of carboxylic acids is 2. The number of carbonyl (C=O) groups excluding carboxylic acids is 1. The number of hydrogen-bond acceptors (Lipinski definition) is 4. The minimum Gasteiger partial charge on any atom is -0.481 e. The molecule has 0 bridgehead atoms. The van der Waals surface area contributed by atoms with Crippen LogP contribution in [0.2, 0.25) is 0 Å². The second-order valence-electron chi connectivity index (χ2n) is 2.98. The van der Waals surface area contributed by atoms with Crippen molar-refractivity contribution in [1.29, 1.82) is 0 Å². The van der Waals surface area contributed by atoms with E-state index in [9.17, 15) is 14.4 Å². The van der Waals surface area contributed by atoms with Crippen LogP contribution >= 0.6 is 0 Å². The van der Waals surface area contributed by atoms with Crippen molar-refractivity contribution in [1.82, 2.24) is 0 Å². The van der Waals surface area contributed by atoms with Gasteiger partial charge in [-0.15, -0.1) is 0 Å². The number of rotatable bonds is 5. The number of Topliss-reactive ketones (excluding diaryl/α,β-unsaturated/α-hetero) is 1. The molecule has 74 valence electrons. The van der Waals surface area contributed by atoms with Crippen molar-refractivity contribution in [3.8, 4) is 0 Å². The maximum atomic E-state index is 10.7. The fraction of sp³-hybridized carbons (Fsp3) is 0.571. The zero-order valence-electron chi connectivity index (χ0n) is 7.11. The first kappa shape index (κ1) is 11.6. The van der Waals surface area contributed by atoms with E-state index in [2.05, 4.69) is 0 Å². The molecule has 0 unspecified atom stereocenters. The molecule has 0 aliphatic rings. The van der Waals surface area contributed by atoms with Crippen molar-refractivity contribution in [3.63, 3.8) is 0 Å². The summed E-state index contributed by atoms with van der Waals surface area (Å²) in [6.45, 7) is 0.956. The molecule has 0 aromatic carbocycles. The highest BCUT2D eigenvalue weighted by Crippen LogP contribution is 2.20. The van der Waals surface area contributed by atoms with Crippen LogP contribution in [0, 0.1) is 5.41 Å². The van der Waals surface area contributed by atoms with Gasteiger partial charge in [0.2, 0.25) is 5.78 Å². The summed E-state index contributed by atoms with van der Waals surface area (Å²) in [4.78, 5) is 31.4. The fourth-order valence-electron chi connectivity index (χ4n) is 0.665. The summed E-state index contributed by atoms with van der Waals surface area (Å²) < 4.78 is 0. The second-order valence-corrected chi connectivity index (χ2v) is 2.98. The largest absolute Gasteiger partial charge is 0.481 e. The molecule has 0 saturated carbocycles. The third-order valence-corrected chi connectivity index (χ3v) is 1.76. The maximum absolute atomic E-state index is 10.7. The molecule has 0 rings (SSSR count). The van der Waals surface area contributed by atoms with Crippen LogP contribution in [0.25, 0.3) is 0 Å². The van der Waals surface area contributed by atoms with Crippen molar-refractivity contribution < 1.29 is 24.6 Å². The molecule has 4 N–H and O–H groups in total. The molecule has 0 aliphatic heterocycles. The zero-order chi connectivity index (χ0) is 10.6. The van der Waals surface area contributed by atoms with Crippen LogP contribution in [0.3, 0.4) is 0 Å². The summed E-state index contributed by atoms with van der Waals surface area (Å²) in [6, 6.07) is 0. The summed E-state index contributed by atoms with van der Waals surface area (Å²) in [5.41, 5.74) is 3.64. The van der Waals surface area contributed by atoms with Gasteiger partial charge in [0.05, 0.1) is 5.41 Å². The Kier molecular flexibility index (Phi) is 3.55. The number of nitrogens with two attached hydrogens (primary N) is 1. The smallest absolute Gasteiger partial charge is 0.372 e. The standard InChI is InChI=1S/C7H11NO5/c1-7(3-8,6(12)13)2-4(9)5(10)11/h2-3,8H2,1H3,(H,10,11)(H,12,13)/t7-/m1/s1. The highest BCUT2D eigenvalue weighted by Gasteiger charge is 2.36. The van der Waals surface area contributed by atoms with E-state index in [1.165, 1.54) is 6.92 Å². The Morgan fingerprint density at radius 1 is 1.31 bits per heavy atom. The monoisotopic (exact) mass is 189 g/mol. The molecular formula is C7H11NO5. The minimum atomic E-state index is -1.64. The van der Waals surface area contributed by atoms with E-state index < -0.39 is 29.6 Å². The van der Waals surface area contributed by atoms with E-state index in [4.69, 9.17) is 15.9 Å². The normalized spacial score (nSPS) is 14.6. The lowest BCUT2D eigenvalue weighted by atomic mass is 9.85. The van der Waals surface area contributed by atoms with Crippen LogP contribution in [0.5, 0.6) is 0 Å². The Morgan fingerprint density at radius 3 is 2.00 bits per heavy atom. The van der Waals surface area contributed by atoms with Gasteiger partial charge in [-0.3, -0.25) is 9.59 Å². The molecule has 0 aromatic heterocycles. The summed E-state index contributed by atoms with van der Waals surface area (Å²) in [7, 11) is 0. The van der Waals surface area contributed by atoms with Gasteiger partial charge in [0.15, 0.2) is 0 Å². The van der Waals surface area contributed by atoms with E-state index in [1.807, 2.05) is 0 Å². The Labute approximate surface area is 74.3 Å². The Balaban J connectivity index is 4.55. The SMILES string of the molecule is C[C@](CN)(CC(=O)C(=O)O)C(=O)O. The van der Waals surface area contributed by atoms with Gasteiger partial charge in [0.25, 0.3) is 0 Å².